The minimum atomic E-state index is -0.0542. The Labute approximate surface area is 111 Å². The van der Waals surface area contributed by atoms with Crippen molar-refractivity contribution < 1.29 is 9.32 Å². The number of nitrogens with zero attached hydrogens (tertiary/aromatic N) is 3. The lowest BCUT2D eigenvalue weighted by Crippen LogP contribution is -2.34. The normalized spacial score (nSPS) is 10.6. The van der Waals surface area contributed by atoms with E-state index in [0.29, 0.717) is 25.3 Å². The molecule has 6 heteroatoms. The first-order valence-corrected chi connectivity index (χ1v) is 5.98. The van der Waals surface area contributed by atoms with Crippen molar-refractivity contribution in [1.29, 1.82) is 0 Å². The summed E-state index contributed by atoms with van der Waals surface area (Å²) in [5, 5.41) is 6.50. The first-order valence-electron chi connectivity index (χ1n) is 5.98. The quantitative estimate of drug-likeness (QED) is 0.832. The smallest absolute Gasteiger partial charge is 0.234 e. The first-order chi connectivity index (χ1) is 9.24. The monoisotopic (exact) mass is 260 g/mol. The molecule has 2 aromatic rings. The summed E-state index contributed by atoms with van der Waals surface area (Å²) in [7, 11) is 1.88. The van der Waals surface area contributed by atoms with Crippen molar-refractivity contribution in [2.75, 3.05) is 13.6 Å². The SMILES string of the molecule is CN(CC(=O)NCc1ccon1)Cc1ccccn1. The molecule has 19 heavy (non-hydrogen) atoms. The van der Waals surface area contributed by atoms with Gasteiger partial charge >= 0.3 is 0 Å². The van der Waals surface area contributed by atoms with Crippen LogP contribution in [0.15, 0.2) is 41.2 Å². The van der Waals surface area contributed by atoms with Crippen molar-refractivity contribution in [3.8, 4) is 0 Å². The molecular weight excluding hydrogens is 244 g/mol. The number of amides is 1. The Hall–Kier alpha value is -2.21. The minimum Gasteiger partial charge on any atom is -0.364 e. The molecular formula is C13H16N4O2. The van der Waals surface area contributed by atoms with E-state index in [-0.39, 0.29) is 5.91 Å². The third kappa shape index (κ3) is 4.51. The molecule has 6 nitrogen and oxygen atoms in total. The maximum absolute atomic E-state index is 11.7. The van der Waals surface area contributed by atoms with E-state index in [1.54, 1.807) is 12.3 Å². The van der Waals surface area contributed by atoms with Crippen LogP contribution in [-0.2, 0) is 17.9 Å². The zero-order valence-corrected chi connectivity index (χ0v) is 10.7. The van der Waals surface area contributed by atoms with E-state index in [0.717, 1.165) is 5.69 Å². The zero-order chi connectivity index (χ0) is 13.5. The van der Waals surface area contributed by atoms with Crippen LogP contribution in [-0.4, -0.2) is 34.5 Å². The molecule has 100 valence electrons. The summed E-state index contributed by atoms with van der Waals surface area (Å²) in [4.78, 5) is 17.8. The molecule has 0 aliphatic rings. The second-order valence-corrected chi connectivity index (χ2v) is 4.26. The summed E-state index contributed by atoms with van der Waals surface area (Å²) >= 11 is 0. The molecule has 0 saturated carbocycles. The summed E-state index contributed by atoms with van der Waals surface area (Å²) in [6.07, 6.45) is 3.22. The van der Waals surface area contributed by atoms with Gasteiger partial charge in [-0.1, -0.05) is 11.2 Å². The topological polar surface area (TPSA) is 71.3 Å². The van der Waals surface area contributed by atoms with E-state index < -0.39 is 0 Å². The van der Waals surface area contributed by atoms with Crippen molar-refractivity contribution in [3.63, 3.8) is 0 Å². The Bertz CT molecular complexity index is 499. The molecule has 0 saturated heterocycles. The standard InChI is InChI=1S/C13H16N4O2/c1-17(9-12-4-2-3-6-14-12)10-13(18)15-8-11-5-7-19-16-11/h2-7H,8-10H2,1H3,(H,15,18). The summed E-state index contributed by atoms with van der Waals surface area (Å²) in [5.74, 6) is -0.0542. The summed E-state index contributed by atoms with van der Waals surface area (Å²) in [6.45, 7) is 1.33. The van der Waals surface area contributed by atoms with E-state index in [9.17, 15) is 4.79 Å². The number of aromatic nitrogens is 2. The Morgan fingerprint density at radius 3 is 2.95 bits per heavy atom. The van der Waals surface area contributed by atoms with Crippen LogP contribution in [0.3, 0.4) is 0 Å². The number of carbonyl (C=O) groups excluding carboxylic acids is 1. The fourth-order valence-corrected chi connectivity index (χ4v) is 1.64. The molecule has 0 bridgehead atoms. The van der Waals surface area contributed by atoms with Crippen LogP contribution in [0, 0.1) is 0 Å². The third-order valence-electron chi connectivity index (χ3n) is 2.53. The van der Waals surface area contributed by atoms with Gasteiger partial charge in [0.05, 0.1) is 18.8 Å². The third-order valence-corrected chi connectivity index (χ3v) is 2.53. The predicted octanol–water partition coefficient (Wildman–Crippen LogP) is 0.818. The molecule has 2 rings (SSSR count). The summed E-state index contributed by atoms with van der Waals surface area (Å²) in [5.41, 5.74) is 1.65. The van der Waals surface area contributed by atoms with E-state index in [1.165, 1.54) is 6.26 Å². The average molecular weight is 260 g/mol. The lowest BCUT2D eigenvalue weighted by Gasteiger charge is -2.15. The molecule has 0 fully saturated rings. The first kappa shape index (κ1) is 13.2. The molecule has 1 N–H and O–H groups in total. The Balaban J connectivity index is 1.72. The fourth-order valence-electron chi connectivity index (χ4n) is 1.64. The van der Waals surface area contributed by atoms with Crippen molar-refractivity contribution in [1.82, 2.24) is 20.4 Å². The molecule has 1 amide bonds. The van der Waals surface area contributed by atoms with Crippen LogP contribution in [0.4, 0.5) is 0 Å². The molecule has 0 atom stereocenters. The lowest BCUT2D eigenvalue weighted by molar-refractivity contribution is -0.122. The Kier molecular flexibility index (Phi) is 4.63. The van der Waals surface area contributed by atoms with Crippen molar-refractivity contribution in [3.05, 3.63) is 48.1 Å². The minimum absolute atomic E-state index is 0.0542. The van der Waals surface area contributed by atoms with Crippen molar-refractivity contribution >= 4 is 5.91 Å². The van der Waals surface area contributed by atoms with E-state index in [4.69, 9.17) is 0 Å². The second kappa shape index (κ2) is 6.65. The highest BCUT2D eigenvalue weighted by Gasteiger charge is 2.08. The number of pyridine rings is 1. The van der Waals surface area contributed by atoms with Crippen LogP contribution >= 0.6 is 0 Å². The van der Waals surface area contributed by atoms with Gasteiger partial charge in [0.1, 0.15) is 12.0 Å². The molecule has 0 spiro atoms. The molecule has 0 unspecified atom stereocenters. The van der Waals surface area contributed by atoms with E-state index in [1.807, 2.05) is 30.1 Å². The lowest BCUT2D eigenvalue weighted by atomic mass is 10.3. The van der Waals surface area contributed by atoms with E-state index >= 15 is 0 Å². The van der Waals surface area contributed by atoms with Gasteiger partial charge in [0, 0.05) is 18.8 Å². The maximum Gasteiger partial charge on any atom is 0.234 e. The van der Waals surface area contributed by atoms with Gasteiger partial charge in [-0.05, 0) is 19.2 Å². The van der Waals surface area contributed by atoms with Gasteiger partial charge in [-0.3, -0.25) is 14.7 Å². The molecule has 2 aromatic heterocycles. The number of hydrogen-bond acceptors (Lipinski definition) is 5. The molecule has 2 heterocycles. The molecule has 0 aliphatic heterocycles. The number of carbonyl (C=O) groups is 1. The largest absolute Gasteiger partial charge is 0.364 e. The maximum atomic E-state index is 11.7. The molecule has 0 aliphatic carbocycles. The molecule has 0 aromatic carbocycles. The van der Waals surface area contributed by atoms with Gasteiger partial charge in [-0.25, -0.2) is 0 Å². The van der Waals surface area contributed by atoms with Gasteiger partial charge in [0.25, 0.3) is 0 Å². The molecule has 0 radical (unpaired) electrons. The van der Waals surface area contributed by atoms with Gasteiger partial charge < -0.3 is 9.84 Å². The van der Waals surface area contributed by atoms with E-state index in [2.05, 4.69) is 20.0 Å². The predicted molar refractivity (Wildman–Crippen MR) is 68.9 cm³/mol. The van der Waals surface area contributed by atoms with Gasteiger partial charge in [0.2, 0.25) is 5.91 Å². The summed E-state index contributed by atoms with van der Waals surface area (Å²) < 4.78 is 4.69. The average Bonchev–Trinajstić information content (AvgIpc) is 2.90. The second-order valence-electron chi connectivity index (χ2n) is 4.26. The van der Waals surface area contributed by atoms with Gasteiger partial charge in [0.15, 0.2) is 0 Å². The highest BCUT2D eigenvalue weighted by atomic mass is 16.5. The van der Waals surface area contributed by atoms with Gasteiger partial charge in [-0.15, -0.1) is 0 Å². The Morgan fingerprint density at radius 2 is 2.26 bits per heavy atom. The van der Waals surface area contributed by atoms with Crippen LogP contribution in [0.5, 0.6) is 0 Å². The highest BCUT2D eigenvalue weighted by molar-refractivity contribution is 5.77. The summed E-state index contributed by atoms with van der Waals surface area (Å²) in [6, 6.07) is 7.45. The Morgan fingerprint density at radius 1 is 1.37 bits per heavy atom. The van der Waals surface area contributed by atoms with Crippen molar-refractivity contribution in [2.45, 2.75) is 13.1 Å². The fraction of sp³-hybridized carbons (Fsp3) is 0.308. The number of rotatable bonds is 6. The van der Waals surface area contributed by atoms with Crippen LogP contribution < -0.4 is 5.32 Å². The number of likely N-dealkylation sites (N-methyl/N-ethyl adjacent to an activating group) is 1. The highest BCUT2D eigenvalue weighted by Crippen LogP contribution is 1.98. The zero-order valence-electron chi connectivity index (χ0n) is 10.7. The number of nitrogens with one attached hydrogen (secondary N) is 1. The van der Waals surface area contributed by atoms with Crippen molar-refractivity contribution in [2.24, 2.45) is 0 Å². The van der Waals surface area contributed by atoms with Gasteiger partial charge in [-0.2, -0.15) is 0 Å². The number of hydrogen-bond donors (Lipinski definition) is 1. The van der Waals surface area contributed by atoms with Crippen LogP contribution in [0.2, 0.25) is 0 Å². The van der Waals surface area contributed by atoms with Crippen LogP contribution in [0.25, 0.3) is 0 Å². The van der Waals surface area contributed by atoms with Crippen LogP contribution in [0.1, 0.15) is 11.4 Å².